The van der Waals surface area contributed by atoms with Crippen LogP contribution in [-0.4, -0.2) is 29.1 Å². The molecule has 116 valence electrons. The van der Waals surface area contributed by atoms with Gasteiger partial charge in [-0.2, -0.15) is 0 Å². The highest BCUT2D eigenvalue weighted by Crippen LogP contribution is 2.16. The van der Waals surface area contributed by atoms with Crippen molar-refractivity contribution in [3.8, 4) is 5.75 Å². The summed E-state index contributed by atoms with van der Waals surface area (Å²) in [5, 5.41) is 2.77. The molecule has 1 aromatic carbocycles. The number of aryl methyl sites for hydroxylation is 1. The van der Waals surface area contributed by atoms with E-state index in [0.29, 0.717) is 24.4 Å². The number of carbonyl (C=O) groups is 1. The number of hydrogen-bond donors (Lipinski definition) is 1. The lowest BCUT2D eigenvalue weighted by atomic mass is 10.2. The average Bonchev–Trinajstić information content (AvgIpc) is 2.56. The average molecular weight is 301 g/mol. The molecule has 2 rings (SSSR count). The summed E-state index contributed by atoms with van der Waals surface area (Å²) in [6.45, 7) is 2.65. The van der Waals surface area contributed by atoms with Gasteiger partial charge >= 0.3 is 0 Å². The van der Waals surface area contributed by atoms with Crippen LogP contribution in [0.1, 0.15) is 23.0 Å². The molecule has 1 amide bonds. The number of nitrogens with one attached hydrogen (secondary N) is 1. The predicted molar refractivity (Wildman–Crippen MR) is 83.2 cm³/mol. The number of nitrogens with zero attached hydrogens (tertiary/aromatic N) is 2. The molecule has 0 radical (unpaired) electrons. The van der Waals surface area contributed by atoms with Crippen LogP contribution < -0.4 is 15.6 Å². The van der Waals surface area contributed by atoms with Crippen LogP contribution in [0.15, 0.2) is 41.5 Å². The second-order valence-electron chi connectivity index (χ2n) is 4.72. The van der Waals surface area contributed by atoms with Crippen molar-refractivity contribution in [2.75, 3.05) is 13.7 Å². The molecule has 0 bridgehead atoms. The normalized spacial score (nSPS) is 10.3. The van der Waals surface area contributed by atoms with Gasteiger partial charge in [0.2, 0.25) is 0 Å². The number of methoxy groups -OCH3 is 1. The lowest BCUT2D eigenvalue weighted by Gasteiger charge is -2.10. The van der Waals surface area contributed by atoms with E-state index in [1.807, 2.05) is 6.92 Å². The molecule has 0 saturated heterocycles. The first-order chi connectivity index (χ1) is 10.7. The van der Waals surface area contributed by atoms with Gasteiger partial charge in [0.05, 0.1) is 19.0 Å². The van der Waals surface area contributed by atoms with Gasteiger partial charge in [0.25, 0.3) is 11.5 Å². The molecule has 0 spiro atoms. The SMILES string of the molecule is CCc1cc(=O)n(CCNC(=O)c2ccccc2OC)cn1. The molecule has 1 aromatic heterocycles. The standard InChI is InChI=1S/C16H19N3O3/c1-3-12-10-15(20)19(11-18-12)9-8-17-16(21)13-6-4-5-7-14(13)22-2/h4-7,10-11H,3,8-9H2,1-2H3,(H,17,21). The Kier molecular flexibility index (Phi) is 5.30. The zero-order chi connectivity index (χ0) is 15.9. The highest BCUT2D eigenvalue weighted by molar-refractivity contribution is 5.96. The van der Waals surface area contributed by atoms with Crippen molar-refractivity contribution in [2.45, 2.75) is 19.9 Å². The largest absolute Gasteiger partial charge is 0.496 e. The van der Waals surface area contributed by atoms with Crippen LogP contribution in [0.25, 0.3) is 0 Å². The first-order valence-corrected chi connectivity index (χ1v) is 7.12. The Hall–Kier alpha value is -2.63. The number of para-hydroxylation sites is 1. The van der Waals surface area contributed by atoms with Gasteiger partial charge in [-0.15, -0.1) is 0 Å². The number of amides is 1. The molecule has 0 saturated carbocycles. The first kappa shape index (κ1) is 15.8. The third-order valence-electron chi connectivity index (χ3n) is 3.29. The van der Waals surface area contributed by atoms with Gasteiger partial charge in [-0.05, 0) is 18.6 Å². The molecule has 0 aliphatic heterocycles. The third-order valence-corrected chi connectivity index (χ3v) is 3.29. The van der Waals surface area contributed by atoms with Crippen LogP contribution in [-0.2, 0) is 13.0 Å². The molecule has 0 aliphatic carbocycles. The molecule has 0 unspecified atom stereocenters. The Balaban J connectivity index is 1.96. The Bertz CT molecular complexity index is 710. The van der Waals surface area contributed by atoms with Crippen LogP contribution in [0.5, 0.6) is 5.75 Å². The Morgan fingerprint density at radius 3 is 2.82 bits per heavy atom. The lowest BCUT2D eigenvalue weighted by Crippen LogP contribution is -2.31. The van der Waals surface area contributed by atoms with Crippen molar-refractivity contribution >= 4 is 5.91 Å². The topological polar surface area (TPSA) is 73.2 Å². The minimum atomic E-state index is -0.233. The van der Waals surface area contributed by atoms with Gasteiger partial charge < -0.3 is 10.1 Å². The molecule has 6 nitrogen and oxygen atoms in total. The summed E-state index contributed by atoms with van der Waals surface area (Å²) in [4.78, 5) is 28.1. The van der Waals surface area contributed by atoms with Crippen molar-refractivity contribution in [1.82, 2.24) is 14.9 Å². The monoisotopic (exact) mass is 301 g/mol. The fourth-order valence-corrected chi connectivity index (χ4v) is 2.04. The van der Waals surface area contributed by atoms with Crippen molar-refractivity contribution in [1.29, 1.82) is 0 Å². The zero-order valence-corrected chi connectivity index (χ0v) is 12.7. The highest BCUT2D eigenvalue weighted by atomic mass is 16.5. The first-order valence-electron chi connectivity index (χ1n) is 7.12. The number of aromatic nitrogens is 2. The maximum absolute atomic E-state index is 12.1. The molecule has 1 N–H and O–H groups in total. The second-order valence-corrected chi connectivity index (χ2v) is 4.72. The van der Waals surface area contributed by atoms with Gasteiger partial charge in [0.15, 0.2) is 0 Å². The minimum Gasteiger partial charge on any atom is -0.496 e. The molecule has 0 fully saturated rings. The smallest absolute Gasteiger partial charge is 0.255 e. The van der Waals surface area contributed by atoms with Crippen LogP contribution in [0.2, 0.25) is 0 Å². The fraction of sp³-hybridized carbons (Fsp3) is 0.312. The van der Waals surface area contributed by atoms with Crippen LogP contribution in [0, 0.1) is 0 Å². The van der Waals surface area contributed by atoms with Gasteiger partial charge in [0, 0.05) is 24.8 Å². The Morgan fingerprint density at radius 2 is 2.14 bits per heavy atom. The third kappa shape index (κ3) is 3.72. The Labute approximate surface area is 128 Å². The molecule has 1 heterocycles. The van der Waals surface area contributed by atoms with Crippen molar-refractivity contribution in [2.24, 2.45) is 0 Å². The summed E-state index contributed by atoms with van der Waals surface area (Å²) in [7, 11) is 1.52. The van der Waals surface area contributed by atoms with E-state index < -0.39 is 0 Å². The van der Waals surface area contributed by atoms with Crippen LogP contribution >= 0.6 is 0 Å². The maximum Gasteiger partial charge on any atom is 0.255 e. The van der Waals surface area contributed by atoms with E-state index in [9.17, 15) is 9.59 Å². The number of rotatable bonds is 6. The van der Waals surface area contributed by atoms with E-state index >= 15 is 0 Å². The van der Waals surface area contributed by atoms with E-state index in [4.69, 9.17) is 4.74 Å². The van der Waals surface area contributed by atoms with Gasteiger partial charge in [-0.25, -0.2) is 4.98 Å². The molecule has 6 heteroatoms. The Morgan fingerprint density at radius 1 is 1.36 bits per heavy atom. The summed E-state index contributed by atoms with van der Waals surface area (Å²) >= 11 is 0. The number of ether oxygens (including phenoxy) is 1. The lowest BCUT2D eigenvalue weighted by molar-refractivity contribution is 0.0949. The summed E-state index contributed by atoms with van der Waals surface area (Å²) < 4.78 is 6.62. The van der Waals surface area contributed by atoms with Crippen molar-refractivity contribution in [3.63, 3.8) is 0 Å². The molecule has 0 atom stereocenters. The molecular formula is C16H19N3O3. The summed E-state index contributed by atoms with van der Waals surface area (Å²) in [5.41, 5.74) is 1.12. The van der Waals surface area contributed by atoms with Gasteiger partial charge in [-0.3, -0.25) is 14.2 Å². The summed E-state index contributed by atoms with van der Waals surface area (Å²) in [5.74, 6) is 0.287. The van der Waals surface area contributed by atoms with E-state index in [1.165, 1.54) is 24.1 Å². The van der Waals surface area contributed by atoms with Gasteiger partial charge in [-0.1, -0.05) is 19.1 Å². The minimum absolute atomic E-state index is 0.113. The van der Waals surface area contributed by atoms with E-state index in [0.717, 1.165) is 12.1 Å². The van der Waals surface area contributed by atoms with Crippen molar-refractivity contribution in [3.05, 3.63) is 58.3 Å². The highest BCUT2D eigenvalue weighted by Gasteiger charge is 2.10. The number of hydrogen-bond acceptors (Lipinski definition) is 4. The van der Waals surface area contributed by atoms with Crippen molar-refractivity contribution < 1.29 is 9.53 Å². The second kappa shape index (κ2) is 7.40. The maximum atomic E-state index is 12.1. The zero-order valence-electron chi connectivity index (χ0n) is 12.7. The van der Waals surface area contributed by atoms with E-state index in [-0.39, 0.29) is 11.5 Å². The fourth-order valence-electron chi connectivity index (χ4n) is 2.04. The summed E-state index contributed by atoms with van der Waals surface area (Å²) in [6.07, 6.45) is 2.23. The van der Waals surface area contributed by atoms with E-state index in [1.54, 1.807) is 24.3 Å². The van der Waals surface area contributed by atoms with E-state index in [2.05, 4.69) is 10.3 Å². The summed E-state index contributed by atoms with van der Waals surface area (Å²) in [6, 6.07) is 8.51. The van der Waals surface area contributed by atoms with Crippen LogP contribution in [0.4, 0.5) is 0 Å². The number of carbonyl (C=O) groups excluding carboxylic acids is 1. The molecular weight excluding hydrogens is 282 g/mol. The van der Waals surface area contributed by atoms with Crippen LogP contribution in [0.3, 0.4) is 0 Å². The predicted octanol–water partition coefficient (Wildman–Crippen LogP) is 1.24. The molecule has 0 aliphatic rings. The molecule has 22 heavy (non-hydrogen) atoms. The number of benzene rings is 1. The molecule has 2 aromatic rings. The quantitative estimate of drug-likeness (QED) is 0.871. The van der Waals surface area contributed by atoms with Gasteiger partial charge in [0.1, 0.15) is 5.75 Å².